The van der Waals surface area contributed by atoms with Crippen LogP contribution in [0.3, 0.4) is 0 Å². The van der Waals surface area contributed by atoms with Crippen LogP contribution in [0, 0.1) is 0 Å². The Morgan fingerprint density at radius 1 is 1.39 bits per heavy atom. The van der Waals surface area contributed by atoms with Crippen molar-refractivity contribution in [2.45, 2.75) is 25.8 Å². The standard InChI is InChI=1S/C13H20N2O3/c1-10(4-3-9-16)14-13(17)15-11-5-7-12(18-2)8-6-11/h5-8,10,16H,3-4,9H2,1-2H3,(H2,14,15,17). The van der Waals surface area contributed by atoms with E-state index in [1.54, 1.807) is 31.4 Å². The molecule has 5 heteroatoms. The summed E-state index contributed by atoms with van der Waals surface area (Å²) >= 11 is 0. The van der Waals surface area contributed by atoms with Crippen LogP contribution in [0.15, 0.2) is 24.3 Å². The molecule has 0 bridgehead atoms. The van der Waals surface area contributed by atoms with Crippen LogP contribution in [0.2, 0.25) is 0 Å². The fraction of sp³-hybridized carbons (Fsp3) is 0.462. The topological polar surface area (TPSA) is 70.6 Å². The first-order valence-corrected chi connectivity index (χ1v) is 5.98. The Morgan fingerprint density at radius 3 is 2.61 bits per heavy atom. The van der Waals surface area contributed by atoms with Crippen LogP contribution >= 0.6 is 0 Å². The molecule has 5 nitrogen and oxygen atoms in total. The minimum absolute atomic E-state index is 0.0374. The van der Waals surface area contributed by atoms with Gasteiger partial charge in [0.15, 0.2) is 0 Å². The second-order valence-corrected chi connectivity index (χ2v) is 4.09. The average molecular weight is 252 g/mol. The van der Waals surface area contributed by atoms with E-state index in [0.29, 0.717) is 12.1 Å². The fourth-order valence-corrected chi connectivity index (χ4v) is 1.53. The molecule has 0 aliphatic carbocycles. The minimum Gasteiger partial charge on any atom is -0.497 e. The number of hydrogen-bond acceptors (Lipinski definition) is 3. The number of amides is 2. The molecule has 0 aliphatic heterocycles. The molecule has 100 valence electrons. The molecule has 0 spiro atoms. The van der Waals surface area contributed by atoms with E-state index >= 15 is 0 Å². The van der Waals surface area contributed by atoms with E-state index in [2.05, 4.69) is 10.6 Å². The van der Waals surface area contributed by atoms with Gasteiger partial charge in [0.05, 0.1) is 7.11 Å². The number of ether oxygens (including phenoxy) is 1. The first kappa shape index (κ1) is 14.3. The lowest BCUT2D eigenvalue weighted by Crippen LogP contribution is -2.36. The summed E-state index contributed by atoms with van der Waals surface area (Å²) in [4.78, 5) is 11.6. The highest BCUT2D eigenvalue weighted by molar-refractivity contribution is 5.89. The third-order valence-corrected chi connectivity index (χ3v) is 2.52. The number of aliphatic hydroxyl groups excluding tert-OH is 1. The van der Waals surface area contributed by atoms with Crippen molar-refractivity contribution in [2.24, 2.45) is 0 Å². The highest BCUT2D eigenvalue weighted by atomic mass is 16.5. The van der Waals surface area contributed by atoms with E-state index in [9.17, 15) is 4.79 Å². The van der Waals surface area contributed by atoms with Crippen molar-refractivity contribution in [3.8, 4) is 5.75 Å². The molecule has 2 amide bonds. The van der Waals surface area contributed by atoms with Gasteiger partial charge >= 0.3 is 6.03 Å². The maximum absolute atomic E-state index is 11.6. The van der Waals surface area contributed by atoms with Crippen LogP contribution in [-0.4, -0.2) is 30.9 Å². The summed E-state index contributed by atoms with van der Waals surface area (Å²) in [6.45, 7) is 2.05. The van der Waals surface area contributed by atoms with E-state index in [4.69, 9.17) is 9.84 Å². The number of nitrogens with one attached hydrogen (secondary N) is 2. The van der Waals surface area contributed by atoms with Gasteiger partial charge in [-0.25, -0.2) is 4.79 Å². The summed E-state index contributed by atoms with van der Waals surface area (Å²) in [6.07, 6.45) is 1.44. The van der Waals surface area contributed by atoms with Crippen molar-refractivity contribution in [1.29, 1.82) is 0 Å². The maximum atomic E-state index is 11.6. The molecule has 1 aromatic carbocycles. The van der Waals surface area contributed by atoms with Gasteiger partial charge < -0.3 is 20.5 Å². The summed E-state index contributed by atoms with van der Waals surface area (Å²) in [5.74, 6) is 0.747. The quantitative estimate of drug-likeness (QED) is 0.725. The Kier molecular flexibility index (Phi) is 6.00. The zero-order valence-corrected chi connectivity index (χ0v) is 10.8. The maximum Gasteiger partial charge on any atom is 0.319 e. The van der Waals surface area contributed by atoms with Gasteiger partial charge in [-0.15, -0.1) is 0 Å². The summed E-state index contributed by atoms with van der Waals surface area (Å²) in [5, 5.41) is 14.2. The molecule has 0 fully saturated rings. The first-order chi connectivity index (χ1) is 8.65. The van der Waals surface area contributed by atoms with E-state index in [1.807, 2.05) is 6.92 Å². The summed E-state index contributed by atoms with van der Waals surface area (Å²) < 4.78 is 5.03. The highest BCUT2D eigenvalue weighted by Crippen LogP contribution is 2.14. The smallest absolute Gasteiger partial charge is 0.319 e. The lowest BCUT2D eigenvalue weighted by Gasteiger charge is -2.14. The van der Waals surface area contributed by atoms with Crippen LogP contribution in [-0.2, 0) is 0 Å². The lowest BCUT2D eigenvalue weighted by molar-refractivity contribution is 0.245. The molecular weight excluding hydrogens is 232 g/mol. The van der Waals surface area contributed by atoms with Gasteiger partial charge in [-0.2, -0.15) is 0 Å². The Balaban J connectivity index is 2.39. The number of hydrogen-bond donors (Lipinski definition) is 3. The van der Waals surface area contributed by atoms with Gasteiger partial charge in [-0.05, 0) is 44.0 Å². The molecule has 18 heavy (non-hydrogen) atoms. The van der Waals surface area contributed by atoms with Crippen LogP contribution in [0.5, 0.6) is 5.75 Å². The van der Waals surface area contributed by atoms with E-state index in [0.717, 1.165) is 12.2 Å². The van der Waals surface area contributed by atoms with Gasteiger partial charge in [0.2, 0.25) is 0 Å². The molecule has 3 N–H and O–H groups in total. The Bertz CT molecular complexity index is 365. The van der Waals surface area contributed by atoms with Gasteiger partial charge in [-0.3, -0.25) is 0 Å². The van der Waals surface area contributed by atoms with Crippen molar-refractivity contribution in [2.75, 3.05) is 19.0 Å². The number of carbonyl (C=O) groups excluding carboxylic acids is 1. The van der Waals surface area contributed by atoms with E-state index < -0.39 is 0 Å². The Labute approximate surface area is 107 Å². The third kappa shape index (κ3) is 5.05. The van der Waals surface area contributed by atoms with E-state index in [-0.39, 0.29) is 18.7 Å². The summed E-state index contributed by atoms with van der Waals surface area (Å²) in [6, 6.07) is 6.91. The van der Waals surface area contributed by atoms with Crippen LogP contribution in [0.25, 0.3) is 0 Å². The number of anilines is 1. The first-order valence-electron chi connectivity index (χ1n) is 5.98. The van der Waals surface area contributed by atoms with Gasteiger partial charge in [0, 0.05) is 18.3 Å². The molecule has 0 aliphatic rings. The van der Waals surface area contributed by atoms with Gasteiger partial charge in [0.25, 0.3) is 0 Å². The fourth-order valence-electron chi connectivity index (χ4n) is 1.53. The monoisotopic (exact) mass is 252 g/mol. The predicted molar refractivity (Wildman–Crippen MR) is 70.9 cm³/mol. The van der Waals surface area contributed by atoms with Gasteiger partial charge in [0.1, 0.15) is 5.75 Å². The molecule has 1 unspecified atom stereocenters. The van der Waals surface area contributed by atoms with Crippen LogP contribution in [0.1, 0.15) is 19.8 Å². The number of urea groups is 1. The number of carbonyl (C=O) groups is 1. The molecule has 0 saturated heterocycles. The van der Waals surface area contributed by atoms with Crippen molar-refractivity contribution in [3.63, 3.8) is 0 Å². The number of methoxy groups -OCH3 is 1. The number of benzene rings is 1. The summed E-state index contributed by atoms with van der Waals surface area (Å²) in [5.41, 5.74) is 0.711. The van der Waals surface area contributed by atoms with E-state index in [1.165, 1.54) is 0 Å². The largest absolute Gasteiger partial charge is 0.497 e. The molecular formula is C13H20N2O3. The zero-order chi connectivity index (χ0) is 13.4. The number of aliphatic hydroxyl groups is 1. The Morgan fingerprint density at radius 2 is 2.06 bits per heavy atom. The lowest BCUT2D eigenvalue weighted by atomic mass is 10.2. The SMILES string of the molecule is COc1ccc(NC(=O)NC(C)CCCO)cc1. The molecule has 0 aromatic heterocycles. The third-order valence-electron chi connectivity index (χ3n) is 2.52. The zero-order valence-electron chi connectivity index (χ0n) is 10.8. The van der Waals surface area contributed by atoms with Crippen LogP contribution < -0.4 is 15.4 Å². The molecule has 1 atom stereocenters. The average Bonchev–Trinajstić information content (AvgIpc) is 2.37. The van der Waals surface area contributed by atoms with Crippen molar-refractivity contribution >= 4 is 11.7 Å². The molecule has 0 radical (unpaired) electrons. The molecule has 0 saturated carbocycles. The van der Waals surface area contributed by atoms with Crippen molar-refractivity contribution in [1.82, 2.24) is 5.32 Å². The van der Waals surface area contributed by atoms with Crippen molar-refractivity contribution in [3.05, 3.63) is 24.3 Å². The predicted octanol–water partition coefficient (Wildman–Crippen LogP) is 1.98. The normalized spacial score (nSPS) is 11.7. The second kappa shape index (κ2) is 7.55. The van der Waals surface area contributed by atoms with Gasteiger partial charge in [-0.1, -0.05) is 0 Å². The Hall–Kier alpha value is -1.75. The molecule has 1 rings (SSSR count). The number of rotatable bonds is 6. The molecule has 0 heterocycles. The van der Waals surface area contributed by atoms with Crippen LogP contribution in [0.4, 0.5) is 10.5 Å². The molecule has 1 aromatic rings. The van der Waals surface area contributed by atoms with Crippen molar-refractivity contribution < 1.29 is 14.6 Å². The minimum atomic E-state index is -0.245. The summed E-state index contributed by atoms with van der Waals surface area (Å²) in [7, 11) is 1.60. The highest BCUT2D eigenvalue weighted by Gasteiger charge is 2.06. The second-order valence-electron chi connectivity index (χ2n) is 4.09.